The maximum absolute atomic E-state index is 5.60. The molecule has 0 saturated heterocycles. The van der Waals surface area contributed by atoms with Crippen molar-refractivity contribution in [3.05, 3.63) is 26.9 Å². The fourth-order valence-corrected chi connectivity index (χ4v) is 2.01. The highest BCUT2D eigenvalue weighted by molar-refractivity contribution is 9.11. The zero-order valence-electron chi connectivity index (χ0n) is 4.94. The van der Waals surface area contributed by atoms with Gasteiger partial charge in [-0.2, -0.15) is 0 Å². The summed E-state index contributed by atoms with van der Waals surface area (Å²) in [6.45, 7) is 0. The zero-order chi connectivity index (χ0) is 7.56. The van der Waals surface area contributed by atoms with Gasteiger partial charge >= 0.3 is 0 Å². The van der Waals surface area contributed by atoms with Crippen LogP contribution in [0.5, 0.6) is 0 Å². The van der Waals surface area contributed by atoms with Crippen molar-refractivity contribution in [2.45, 2.75) is 5.88 Å². The van der Waals surface area contributed by atoms with Crippen molar-refractivity contribution < 1.29 is 0 Å². The molecule has 10 heavy (non-hydrogen) atoms. The molecule has 1 aromatic heterocycles. The van der Waals surface area contributed by atoms with Crippen molar-refractivity contribution in [2.75, 3.05) is 0 Å². The van der Waals surface area contributed by atoms with E-state index in [2.05, 4.69) is 36.8 Å². The van der Waals surface area contributed by atoms with Gasteiger partial charge in [-0.3, -0.25) is 0 Å². The maximum atomic E-state index is 5.60. The number of hydrogen-bond acceptors (Lipinski definition) is 1. The molecule has 4 heteroatoms. The molecule has 0 aliphatic carbocycles. The van der Waals surface area contributed by atoms with Crippen LogP contribution in [0.25, 0.3) is 0 Å². The number of rotatable bonds is 1. The molecule has 1 aromatic rings. The Balaban J connectivity index is 3.07. The molecular weight excluding hydrogens is 281 g/mol. The Hall–Kier alpha value is 0.400. The van der Waals surface area contributed by atoms with E-state index in [4.69, 9.17) is 11.6 Å². The molecule has 0 saturated carbocycles. The van der Waals surface area contributed by atoms with E-state index in [0.717, 1.165) is 14.6 Å². The van der Waals surface area contributed by atoms with Gasteiger partial charge in [0.15, 0.2) is 0 Å². The van der Waals surface area contributed by atoms with Crippen molar-refractivity contribution in [3.63, 3.8) is 0 Å². The Kier molecular flexibility index (Phi) is 3.14. The highest BCUT2D eigenvalue weighted by atomic mass is 79.9. The minimum Gasteiger partial charge on any atom is -0.249 e. The van der Waals surface area contributed by atoms with E-state index in [1.54, 1.807) is 6.20 Å². The van der Waals surface area contributed by atoms with E-state index >= 15 is 0 Å². The summed E-state index contributed by atoms with van der Waals surface area (Å²) in [5, 5.41) is 0. The van der Waals surface area contributed by atoms with Crippen LogP contribution in [0.4, 0.5) is 0 Å². The third-order valence-corrected chi connectivity index (χ3v) is 2.50. The number of hydrogen-bond donors (Lipinski definition) is 0. The lowest BCUT2D eigenvalue weighted by Crippen LogP contribution is -1.83. The SMILES string of the molecule is ClCc1cnc(Br)cc1Br. The molecule has 0 unspecified atom stereocenters. The summed E-state index contributed by atoms with van der Waals surface area (Å²) in [7, 11) is 0. The van der Waals surface area contributed by atoms with E-state index < -0.39 is 0 Å². The van der Waals surface area contributed by atoms with Crippen LogP contribution in [0.2, 0.25) is 0 Å². The number of nitrogens with zero attached hydrogens (tertiary/aromatic N) is 1. The molecule has 0 amide bonds. The van der Waals surface area contributed by atoms with Crippen LogP contribution >= 0.6 is 43.5 Å². The van der Waals surface area contributed by atoms with Gasteiger partial charge in [0.05, 0.1) is 5.88 Å². The summed E-state index contributed by atoms with van der Waals surface area (Å²) >= 11 is 12.2. The Morgan fingerprint density at radius 3 is 2.70 bits per heavy atom. The summed E-state index contributed by atoms with van der Waals surface area (Å²) in [5.41, 5.74) is 1.00. The van der Waals surface area contributed by atoms with E-state index in [9.17, 15) is 0 Å². The fraction of sp³-hybridized carbons (Fsp3) is 0.167. The Bertz CT molecular complexity index is 239. The summed E-state index contributed by atoms with van der Waals surface area (Å²) < 4.78 is 1.80. The van der Waals surface area contributed by atoms with Gasteiger partial charge in [0.1, 0.15) is 4.60 Å². The van der Waals surface area contributed by atoms with Crippen LogP contribution in [-0.4, -0.2) is 4.98 Å². The lowest BCUT2D eigenvalue weighted by molar-refractivity contribution is 1.19. The monoisotopic (exact) mass is 283 g/mol. The molecule has 0 bridgehead atoms. The second-order valence-corrected chi connectivity index (χ2v) is 3.67. The Morgan fingerprint density at radius 1 is 1.50 bits per heavy atom. The molecule has 0 aromatic carbocycles. The standard InChI is InChI=1S/C6H4Br2ClN/c7-5-1-6(8)10-3-4(5)2-9/h1,3H,2H2. The van der Waals surface area contributed by atoms with Gasteiger partial charge in [0, 0.05) is 10.7 Å². The number of alkyl halides is 1. The van der Waals surface area contributed by atoms with Crippen molar-refractivity contribution in [1.82, 2.24) is 4.98 Å². The minimum absolute atomic E-state index is 0.487. The third-order valence-electron chi connectivity index (χ3n) is 1.04. The predicted molar refractivity (Wildman–Crippen MR) is 49.2 cm³/mol. The van der Waals surface area contributed by atoms with Crippen molar-refractivity contribution >= 4 is 43.5 Å². The fourth-order valence-electron chi connectivity index (χ4n) is 0.534. The average Bonchev–Trinajstić information content (AvgIpc) is 1.88. The normalized spacial score (nSPS) is 9.90. The van der Waals surface area contributed by atoms with E-state index in [1.807, 2.05) is 6.07 Å². The molecule has 0 spiro atoms. The molecule has 0 atom stereocenters. The van der Waals surface area contributed by atoms with Gasteiger partial charge in [-0.25, -0.2) is 4.98 Å². The van der Waals surface area contributed by atoms with Gasteiger partial charge in [0.25, 0.3) is 0 Å². The molecule has 0 fully saturated rings. The number of pyridine rings is 1. The summed E-state index contributed by atoms with van der Waals surface area (Å²) in [6.07, 6.45) is 1.74. The first kappa shape index (κ1) is 8.50. The lowest BCUT2D eigenvalue weighted by Gasteiger charge is -1.97. The second-order valence-electron chi connectivity index (χ2n) is 1.73. The zero-order valence-corrected chi connectivity index (χ0v) is 8.87. The molecule has 1 nitrogen and oxygen atoms in total. The first-order valence-electron chi connectivity index (χ1n) is 2.60. The average molecular weight is 285 g/mol. The molecule has 0 radical (unpaired) electrons. The highest BCUT2D eigenvalue weighted by Gasteiger charge is 1.98. The largest absolute Gasteiger partial charge is 0.249 e. The lowest BCUT2D eigenvalue weighted by atomic mass is 10.3. The topological polar surface area (TPSA) is 12.9 Å². The molecule has 0 aliphatic rings. The van der Waals surface area contributed by atoms with Gasteiger partial charge in [-0.15, -0.1) is 11.6 Å². The molecule has 0 aliphatic heterocycles. The molecule has 1 rings (SSSR count). The van der Waals surface area contributed by atoms with Crippen LogP contribution in [0.1, 0.15) is 5.56 Å². The van der Waals surface area contributed by atoms with E-state index in [1.165, 1.54) is 0 Å². The van der Waals surface area contributed by atoms with Crippen LogP contribution in [-0.2, 0) is 5.88 Å². The Labute approximate surface area is 81.1 Å². The third kappa shape index (κ3) is 1.94. The first-order chi connectivity index (χ1) is 4.74. The van der Waals surface area contributed by atoms with Crippen molar-refractivity contribution in [1.29, 1.82) is 0 Å². The van der Waals surface area contributed by atoms with Gasteiger partial charge in [-0.1, -0.05) is 15.9 Å². The second kappa shape index (κ2) is 3.69. The smallest absolute Gasteiger partial charge is 0.107 e. The highest BCUT2D eigenvalue weighted by Crippen LogP contribution is 2.20. The van der Waals surface area contributed by atoms with Gasteiger partial charge < -0.3 is 0 Å². The van der Waals surface area contributed by atoms with E-state index in [-0.39, 0.29) is 0 Å². The molecule has 0 N–H and O–H groups in total. The number of halogens is 3. The summed E-state index contributed by atoms with van der Waals surface area (Å²) in [5.74, 6) is 0.487. The molecule has 1 heterocycles. The molecular formula is C6H4Br2ClN. The molecule has 54 valence electrons. The predicted octanol–water partition coefficient (Wildman–Crippen LogP) is 3.35. The minimum atomic E-state index is 0.487. The van der Waals surface area contributed by atoms with Crippen LogP contribution in [0.15, 0.2) is 21.3 Å². The van der Waals surface area contributed by atoms with Crippen LogP contribution in [0.3, 0.4) is 0 Å². The van der Waals surface area contributed by atoms with Crippen molar-refractivity contribution in [3.8, 4) is 0 Å². The summed E-state index contributed by atoms with van der Waals surface area (Å²) in [6, 6.07) is 1.87. The van der Waals surface area contributed by atoms with Gasteiger partial charge in [0.2, 0.25) is 0 Å². The Morgan fingerprint density at radius 2 is 2.20 bits per heavy atom. The first-order valence-corrected chi connectivity index (χ1v) is 4.72. The van der Waals surface area contributed by atoms with Crippen LogP contribution < -0.4 is 0 Å². The summed E-state index contributed by atoms with van der Waals surface area (Å²) in [4.78, 5) is 4.01. The van der Waals surface area contributed by atoms with Crippen LogP contribution in [0, 0.1) is 0 Å². The quantitative estimate of drug-likeness (QED) is 0.569. The van der Waals surface area contributed by atoms with Crippen molar-refractivity contribution in [2.24, 2.45) is 0 Å². The maximum Gasteiger partial charge on any atom is 0.107 e. The number of aromatic nitrogens is 1. The van der Waals surface area contributed by atoms with E-state index in [0.29, 0.717) is 5.88 Å². The van der Waals surface area contributed by atoms with Gasteiger partial charge in [-0.05, 0) is 27.6 Å².